The summed E-state index contributed by atoms with van der Waals surface area (Å²) in [6.07, 6.45) is 1.48. The number of hydrogen-bond acceptors (Lipinski definition) is 3. The fourth-order valence-corrected chi connectivity index (χ4v) is 4.76. The van der Waals surface area contributed by atoms with Gasteiger partial charge in [0.05, 0.1) is 37.8 Å². The van der Waals surface area contributed by atoms with Crippen molar-refractivity contribution in [1.29, 1.82) is 0 Å². The zero-order chi connectivity index (χ0) is 22.6. The summed E-state index contributed by atoms with van der Waals surface area (Å²) in [6.45, 7) is 3.70. The molecule has 5 nitrogen and oxygen atoms in total. The van der Waals surface area contributed by atoms with Gasteiger partial charge in [-0.2, -0.15) is 0 Å². The van der Waals surface area contributed by atoms with Gasteiger partial charge in [-0.05, 0) is 48.5 Å². The molecular weight excluding hydrogens is 479 g/mol. The van der Waals surface area contributed by atoms with E-state index in [9.17, 15) is 13.2 Å². The third kappa shape index (κ3) is 5.22. The minimum absolute atomic E-state index is 0.000397. The Balaban J connectivity index is 1.97. The number of sulfonamides is 1. The summed E-state index contributed by atoms with van der Waals surface area (Å²) in [7, 11) is -3.99. The highest BCUT2D eigenvalue weighted by Gasteiger charge is 2.26. The van der Waals surface area contributed by atoms with E-state index in [2.05, 4.69) is 11.9 Å². The molecule has 0 atom stereocenters. The molecule has 0 aromatic heterocycles. The van der Waals surface area contributed by atoms with Crippen LogP contribution in [0.5, 0.6) is 0 Å². The third-order valence-corrected chi connectivity index (χ3v) is 7.15. The Morgan fingerprint density at radius 1 is 0.935 bits per heavy atom. The van der Waals surface area contributed by atoms with Crippen LogP contribution in [-0.2, 0) is 10.0 Å². The highest BCUT2D eigenvalue weighted by Crippen LogP contribution is 2.29. The highest BCUT2D eigenvalue weighted by molar-refractivity contribution is 7.92. The maximum atomic E-state index is 13.3. The van der Waals surface area contributed by atoms with Gasteiger partial charge in [0.2, 0.25) is 0 Å². The van der Waals surface area contributed by atoms with Crippen LogP contribution in [0.2, 0.25) is 15.1 Å². The van der Waals surface area contributed by atoms with Crippen LogP contribution < -0.4 is 9.62 Å². The van der Waals surface area contributed by atoms with Gasteiger partial charge in [-0.25, -0.2) is 8.42 Å². The smallest absolute Gasteiger partial charge is 0.264 e. The number of benzene rings is 3. The van der Waals surface area contributed by atoms with Crippen molar-refractivity contribution in [2.45, 2.75) is 4.90 Å². The predicted octanol–water partition coefficient (Wildman–Crippen LogP) is 6.28. The average molecular weight is 496 g/mol. The summed E-state index contributed by atoms with van der Waals surface area (Å²) in [6, 6.07) is 17.2. The lowest BCUT2D eigenvalue weighted by molar-refractivity contribution is 0.102. The van der Waals surface area contributed by atoms with Gasteiger partial charge in [0, 0.05) is 5.69 Å². The summed E-state index contributed by atoms with van der Waals surface area (Å²) in [5.41, 5.74) is 0.862. The SMILES string of the molecule is C=CCN(c1ccccc1)S(=O)(=O)c1ccc(Cl)c(C(=O)Nc2ccc(Cl)c(Cl)c2)c1. The van der Waals surface area contributed by atoms with Gasteiger partial charge < -0.3 is 5.32 Å². The molecule has 0 radical (unpaired) electrons. The Bertz CT molecular complexity index is 1230. The van der Waals surface area contributed by atoms with Gasteiger partial charge in [0.25, 0.3) is 15.9 Å². The normalized spacial score (nSPS) is 11.1. The van der Waals surface area contributed by atoms with E-state index >= 15 is 0 Å². The summed E-state index contributed by atoms with van der Waals surface area (Å²) < 4.78 is 27.8. The molecule has 0 saturated heterocycles. The predicted molar refractivity (Wildman–Crippen MR) is 127 cm³/mol. The van der Waals surface area contributed by atoms with Crippen molar-refractivity contribution in [3.63, 3.8) is 0 Å². The van der Waals surface area contributed by atoms with Gasteiger partial charge in [0.15, 0.2) is 0 Å². The minimum Gasteiger partial charge on any atom is -0.322 e. The molecule has 0 aliphatic rings. The van der Waals surface area contributed by atoms with E-state index in [0.717, 1.165) is 0 Å². The average Bonchev–Trinajstić information content (AvgIpc) is 2.75. The van der Waals surface area contributed by atoms with E-state index in [-0.39, 0.29) is 27.0 Å². The molecule has 160 valence electrons. The topological polar surface area (TPSA) is 66.5 Å². The Morgan fingerprint density at radius 3 is 2.26 bits per heavy atom. The van der Waals surface area contributed by atoms with Crippen molar-refractivity contribution >= 4 is 62.1 Å². The molecule has 0 saturated carbocycles. The number of carbonyl (C=O) groups is 1. The van der Waals surface area contributed by atoms with Crippen molar-refractivity contribution in [2.24, 2.45) is 0 Å². The van der Waals surface area contributed by atoms with Crippen LogP contribution in [0.3, 0.4) is 0 Å². The molecule has 3 aromatic rings. The van der Waals surface area contributed by atoms with Crippen molar-refractivity contribution in [3.05, 3.63) is 100 Å². The minimum atomic E-state index is -3.99. The van der Waals surface area contributed by atoms with E-state index in [1.807, 2.05) is 0 Å². The van der Waals surface area contributed by atoms with Crippen LogP contribution in [0, 0.1) is 0 Å². The molecular formula is C22H17Cl3N2O3S. The quantitative estimate of drug-likeness (QED) is 0.392. The number of rotatable bonds is 7. The van der Waals surface area contributed by atoms with E-state index in [1.165, 1.54) is 40.7 Å². The van der Waals surface area contributed by atoms with Crippen LogP contribution in [0.15, 0.2) is 84.3 Å². The third-order valence-electron chi connectivity index (χ3n) is 4.29. The Morgan fingerprint density at radius 2 is 1.61 bits per heavy atom. The molecule has 0 spiro atoms. The number of para-hydroxylation sites is 1. The fourth-order valence-electron chi connectivity index (χ4n) is 2.79. The molecule has 0 heterocycles. The van der Waals surface area contributed by atoms with Crippen molar-refractivity contribution < 1.29 is 13.2 Å². The van der Waals surface area contributed by atoms with Crippen LogP contribution in [0.4, 0.5) is 11.4 Å². The maximum absolute atomic E-state index is 13.3. The lowest BCUT2D eigenvalue weighted by atomic mass is 10.2. The second kappa shape index (κ2) is 9.75. The van der Waals surface area contributed by atoms with Crippen LogP contribution in [-0.4, -0.2) is 20.9 Å². The molecule has 0 bridgehead atoms. The number of nitrogens with zero attached hydrogens (tertiary/aromatic N) is 1. The van der Waals surface area contributed by atoms with E-state index in [4.69, 9.17) is 34.8 Å². The fraction of sp³-hybridized carbons (Fsp3) is 0.0455. The van der Waals surface area contributed by atoms with Crippen molar-refractivity contribution in [3.8, 4) is 0 Å². The van der Waals surface area contributed by atoms with E-state index in [0.29, 0.717) is 16.4 Å². The Hall–Kier alpha value is -2.51. The van der Waals surface area contributed by atoms with Crippen molar-refractivity contribution in [2.75, 3.05) is 16.2 Å². The molecule has 1 N–H and O–H groups in total. The number of hydrogen-bond donors (Lipinski definition) is 1. The van der Waals surface area contributed by atoms with Gasteiger partial charge in [0.1, 0.15) is 0 Å². The number of anilines is 2. The second-order valence-electron chi connectivity index (χ2n) is 6.39. The molecule has 1 amide bonds. The van der Waals surface area contributed by atoms with Crippen LogP contribution in [0.25, 0.3) is 0 Å². The Labute approximate surface area is 195 Å². The molecule has 3 aromatic carbocycles. The number of amides is 1. The summed E-state index contributed by atoms with van der Waals surface area (Å²) in [5.74, 6) is -0.588. The number of halogens is 3. The van der Waals surface area contributed by atoms with Crippen LogP contribution >= 0.6 is 34.8 Å². The zero-order valence-corrected chi connectivity index (χ0v) is 19.1. The zero-order valence-electron chi connectivity index (χ0n) is 16.1. The van der Waals surface area contributed by atoms with E-state index < -0.39 is 15.9 Å². The summed E-state index contributed by atoms with van der Waals surface area (Å²) in [4.78, 5) is 12.7. The molecule has 31 heavy (non-hydrogen) atoms. The largest absolute Gasteiger partial charge is 0.322 e. The van der Waals surface area contributed by atoms with Crippen molar-refractivity contribution in [1.82, 2.24) is 0 Å². The first-order chi connectivity index (χ1) is 14.7. The van der Waals surface area contributed by atoms with Gasteiger partial charge in [-0.1, -0.05) is 59.1 Å². The second-order valence-corrected chi connectivity index (χ2v) is 9.47. The molecule has 9 heteroatoms. The first-order valence-corrected chi connectivity index (χ1v) is 11.6. The maximum Gasteiger partial charge on any atom is 0.264 e. The van der Waals surface area contributed by atoms with Gasteiger partial charge >= 0.3 is 0 Å². The monoisotopic (exact) mass is 494 g/mol. The number of nitrogens with one attached hydrogen (secondary N) is 1. The molecule has 3 rings (SSSR count). The van der Waals surface area contributed by atoms with Crippen LogP contribution in [0.1, 0.15) is 10.4 Å². The highest BCUT2D eigenvalue weighted by atomic mass is 35.5. The van der Waals surface area contributed by atoms with Gasteiger partial charge in [-0.15, -0.1) is 6.58 Å². The van der Waals surface area contributed by atoms with E-state index in [1.54, 1.807) is 36.4 Å². The molecule has 0 unspecified atom stereocenters. The lowest BCUT2D eigenvalue weighted by Crippen LogP contribution is -2.31. The lowest BCUT2D eigenvalue weighted by Gasteiger charge is -2.23. The summed E-state index contributed by atoms with van der Waals surface area (Å²) in [5, 5.41) is 3.35. The Kier molecular flexibility index (Phi) is 7.28. The standard InChI is InChI=1S/C22H17Cl3N2O3S/c1-2-12-27(16-6-4-3-5-7-16)31(29,30)17-9-11-19(23)18(14-17)22(28)26-15-8-10-20(24)21(25)13-15/h2-11,13-14H,1,12H2,(H,26,28). The first kappa shape index (κ1) is 23.2. The molecule has 0 fully saturated rings. The van der Waals surface area contributed by atoms with Gasteiger partial charge in [-0.3, -0.25) is 9.10 Å². The molecule has 0 aliphatic carbocycles. The first-order valence-electron chi connectivity index (χ1n) is 8.98. The summed E-state index contributed by atoms with van der Waals surface area (Å²) >= 11 is 18.1. The number of carbonyl (C=O) groups excluding carboxylic acids is 1. The molecule has 0 aliphatic heterocycles.